The van der Waals surface area contributed by atoms with Gasteiger partial charge in [-0.3, -0.25) is 0 Å². The van der Waals surface area contributed by atoms with E-state index in [-0.39, 0.29) is 12.2 Å². The van der Waals surface area contributed by atoms with E-state index in [1.807, 2.05) is 0 Å². The number of oxazole rings is 1. The Balaban J connectivity index is 2.39. The number of hydrogen-bond donors (Lipinski definition) is 1. The van der Waals surface area contributed by atoms with Crippen LogP contribution in [0.1, 0.15) is 11.5 Å². The number of aromatic nitrogens is 1. The van der Waals surface area contributed by atoms with Crippen LogP contribution in [0.25, 0.3) is 11.3 Å². The summed E-state index contributed by atoms with van der Waals surface area (Å²) in [4.78, 5) is 3.41. The third-order valence-electron chi connectivity index (χ3n) is 2.54. The molecule has 0 radical (unpaired) electrons. The molecule has 19 heavy (non-hydrogen) atoms. The Hall–Kier alpha value is -2.02. The average Bonchev–Trinajstić information content (AvgIpc) is 2.87. The van der Waals surface area contributed by atoms with Crippen LogP contribution >= 0.6 is 0 Å². The van der Waals surface area contributed by atoms with Gasteiger partial charge < -0.3 is 14.9 Å². The van der Waals surface area contributed by atoms with Gasteiger partial charge in [0.2, 0.25) is 0 Å². The standard InChI is InChI=1S/C12H11F3N2O2/c1-18-10-3-2-7(4-8(10)5-16)9-6-19-11(17-9)12(13,14)15/h2-4,6H,5,16H2,1H3. The van der Waals surface area contributed by atoms with Crippen molar-refractivity contribution in [2.75, 3.05) is 7.11 Å². The zero-order valence-electron chi connectivity index (χ0n) is 9.99. The Morgan fingerprint density at radius 3 is 2.63 bits per heavy atom. The Morgan fingerprint density at radius 2 is 2.11 bits per heavy atom. The number of benzene rings is 1. The highest BCUT2D eigenvalue weighted by Crippen LogP contribution is 2.32. The molecule has 2 N–H and O–H groups in total. The van der Waals surface area contributed by atoms with Crippen LogP contribution in [0.4, 0.5) is 13.2 Å². The zero-order chi connectivity index (χ0) is 14.0. The summed E-state index contributed by atoms with van der Waals surface area (Å²) in [6.07, 6.45) is -3.63. The Bertz CT molecular complexity index is 579. The smallest absolute Gasteiger partial charge is 0.468 e. The topological polar surface area (TPSA) is 61.3 Å². The summed E-state index contributed by atoms with van der Waals surface area (Å²) < 4.78 is 46.7. The minimum atomic E-state index is -4.60. The van der Waals surface area contributed by atoms with Crippen molar-refractivity contribution < 1.29 is 22.3 Å². The van der Waals surface area contributed by atoms with Crippen molar-refractivity contribution in [2.45, 2.75) is 12.7 Å². The minimum Gasteiger partial charge on any atom is -0.496 e. The molecule has 0 unspecified atom stereocenters. The molecule has 1 heterocycles. The van der Waals surface area contributed by atoms with Gasteiger partial charge in [-0.05, 0) is 18.2 Å². The lowest BCUT2D eigenvalue weighted by Crippen LogP contribution is -2.05. The fraction of sp³-hybridized carbons (Fsp3) is 0.250. The third-order valence-corrected chi connectivity index (χ3v) is 2.54. The largest absolute Gasteiger partial charge is 0.496 e. The number of nitrogens with zero attached hydrogens (tertiary/aromatic N) is 1. The van der Waals surface area contributed by atoms with E-state index >= 15 is 0 Å². The van der Waals surface area contributed by atoms with Crippen molar-refractivity contribution >= 4 is 0 Å². The number of hydrogen-bond acceptors (Lipinski definition) is 4. The lowest BCUT2D eigenvalue weighted by molar-refractivity contribution is -0.157. The maximum absolute atomic E-state index is 12.4. The molecule has 0 bridgehead atoms. The van der Waals surface area contributed by atoms with E-state index in [4.69, 9.17) is 10.5 Å². The highest BCUT2D eigenvalue weighted by atomic mass is 19.4. The molecule has 0 saturated carbocycles. The molecule has 1 aromatic heterocycles. The minimum absolute atomic E-state index is 0.102. The van der Waals surface area contributed by atoms with Gasteiger partial charge in [0.1, 0.15) is 17.7 Å². The van der Waals surface area contributed by atoms with E-state index in [1.54, 1.807) is 18.2 Å². The Morgan fingerprint density at radius 1 is 1.37 bits per heavy atom. The predicted molar refractivity (Wildman–Crippen MR) is 61.4 cm³/mol. The summed E-state index contributed by atoms with van der Waals surface area (Å²) in [6.45, 7) is 0.209. The fourth-order valence-corrected chi connectivity index (χ4v) is 1.63. The van der Waals surface area contributed by atoms with Gasteiger partial charge in [-0.2, -0.15) is 13.2 Å². The van der Waals surface area contributed by atoms with Crippen LogP contribution in [0.15, 0.2) is 28.9 Å². The first-order valence-corrected chi connectivity index (χ1v) is 5.35. The van der Waals surface area contributed by atoms with Crippen LogP contribution in [-0.4, -0.2) is 12.1 Å². The second-order valence-corrected chi connectivity index (χ2v) is 3.77. The van der Waals surface area contributed by atoms with E-state index in [0.29, 0.717) is 16.9 Å². The van der Waals surface area contributed by atoms with Crippen molar-refractivity contribution in [1.29, 1.82) is 0 Å². The molecule has 0 amide bonds. The van der Waals surface area contributed by atoms with Crippen LogP contribution in [0.5, 0.6) is 5.75 Å². The molecule has 0 aliphatic heterocycles. The number of alkyl halides is 3. The van der Waals surface area contributed by atoms with Crippen LogP contribution < -0.4 is 10.5 Å². The van der Waals surface area contributed by atoms with Gasteiger partial charge in [0, 0.05) is 17.7 Å². The summed E-state index contributed by atoms with van der Waals surface area (Å²) in [5, 5.41) is 0. The summed E-state index contributed by atoms with van der Waals surface area (Å²) >= 11 is 0. The summed E-state index contributed by atoms with van der Waals surface area (Å²) in [7, 11) is 1.49. The molecule has 7 heteroatoms. The van der Waals surface area contributed by atoms with E-state index in [0.717, 1.165) is 6.26 Å². The number of halogens is 3. The number of nitrogens with two attached hydrogens (primary N) is 1. The molecule has 0 atom stereocenters. The number of ether oxygens (including phenoxy) is 1. The average molecular weight is 272 g/mol. The molecule has 2 aromatic rings. The van der Waals surface area contributed by atoms with Crippen LogP contribution in [0.3, 0.4) is 0 Å². The molecule has 2 rings (SSSR count). The van der Waals surface area contributed by atoms with Gasteiger partial charge in [0.05, 0.1) is 7.11 Å². The summed E-state index contributed by atoms with van der Waals surface area (Å²) in [5.41, 5.74) is 6.81. The molecular formula is C12H11F3N2O2. The van der Waals surface area contributed by atoms with Crippen molar-refractivity contribution in [3.63, 3.8) is 0 Å². The van der Waals surface area contributed by atoms with Gasteiger partial charge >= 0.3 is 12.1 Å². The quantitative estimate of drug-likeness (QED) is 0.933. The van der Waals surface area contributed by atoms with Crippen molar-refractivity contribution in [2.24, 2.45) is 5.73 Å². The first-order chi connectivity index (χ1) is 8.95. The fourth-order valence-electron chi connectivity index (χ4n) is 1.63. The lowest BCUT2D eigenvalue weighted by Gasteiger charge is -2.07. The Labute approximate surface area is 107 Å². The molecule has 102 valence electrons. The molecule has 0 saturated heterocycles. The maximum Gasteiger partial charge on any atom is 0.468 e. The third kappa shape index (κ3) is 2.70. The molecule has 4 nitrogen and oxygen atoms in total. The summed E-state index contributed by atoms with van der Waals surface area (Å²) in [6, 6.07) is 4.84. The number of methoxy groups -OCH3 is 1. The number of rotatable bonds is 3. The summed E-state index contributed by atoms with van der Waals surface area (Å²) in [5.74, 6) is -0.696. The van der Waals surface area contributed by atoms with Crippen LogP contribution in [-0.2, 0) is 12.7 Å². The second kappa shape index (κ2) is 4.93. The molecule has 0 spiro atoms. The van der Waals surface area contributed by atoms with Gasteiger partial charge in [-0.25, -0.2) is 4.98 Å². The normalized spacial score (nSPS) is 11.6. The SMILES string of the molecule is COc1ccc(-c2coc(C(F)(F)F)n2)cc1CN. The van der Waals surface area contributed by atoms with Crippen molar-refractivity contribution in [3.05, 3.63) is 35.9 Å². The van der Waals surface area contributed by atoms with Crippen LogP contribution in [0, 0.1) is 0 Å². The molecule has 1 aromatic carbocycles. The first-order valence-electron chi connectivity index (χ1n) is 5.35. The Kier molecular flexibility index (Phi) is 3.48. The van der Waals surface area contributed by atoms with E-state index in [2.05, 4.69) is 9.40 Å². The van der Waals surface area contributed by atoms with E-state index < -0.39 is 12.1 Å². The van der Waals surface area contributed by atoms with Gasteiger partial charge in [0.25, 0.3) is 0 Å². The molecule has 0 aliphatic rings. The van der Waals surface area contributed by atoms with Crippen molar-refractivity contribution in [3.8, 4) is 17.0 Å². The van der Waals surface area contributed by atoms with Crippen molar-refractivity contribution in [1.82, 2.24) is 4.98 Å². The molecule has 0 aliphatic carbocycles. The van der Waals surface area contributed by atoms with Gasteiger partial charge in [-0.15, -0.1) is 0 Å². The monoisotopic (exact) mass is 272 g/mol. The lowest BCUT2D eigenvalue weighted by atomic mass is 10.1. The maximum atomic E-state index is 12.4. The van der Waals surface area contributed by atoms with E-state index in [9.17, 15) is 13.2 Å². The van der Waals surface area contributed by atoms with Gasteiger partial charge in [-0.1, -0.05) is 0 Å². The second-order valence-electron chi connectivity index (χ2n) is 3.77. The molecule has 0 fully saturated rings. The first kappa shape index (κ1) is 13.4. The highest BCUT2D eigenvalue weighted by molar-refractivity contribution is 5.61. The van der Waals surface area contributed by atoms with Gasteiger partial charge in [0.15, 0.2) is 0 Å². The predicted octanol–water partition coefficient (Wildman–Crippen LogP) is 2.83. The highest BCUT2D eigenvalue weighted by Gasteiger charge is 2.37. The molecular weight excluding hydrogens is 261 g/mol. The van der Waals surface area contributed by atoms with E-state index in [1.165, 1.54) is 7.11 Å². The van der Waals surface area contributed by atoms with Crippen LogP contribution in [0.2, 0.25) is 0 Å². The zero-order valence-corrected chi connectivity index (χ0v) is 9.99.